The number of fused-ring (bicyclic) bond motifs is 2. The van der Waals surface area contributed by atoms with Crippen LogP contribution in [0.4, 0.5) is 8.78 Å². The molecule has 2 heterocycles. The number of aromatic nitrogens is 2. The van der Waals surface area contributed by atoms with Gasteiger partial charge < -0.3 is 0 Å². The Labute approximate surface area is 185 Å². The van der Waals surface area contributed by atoms with Crippen molar-refractivity contribution >= 4 is 16.7 Å². The maximum absolute atomic E-state index is 15.6. The number of ketones is 1. The van der Waals surface area contributed by atoms with Gasteiger partial charge in [-0.3, -0.25) is 9.78 Å². The predicted molar refractivity (Wildman–Crippen MR) is 116 cm³/mol. The Hall–Kier alpha value is -3.20. The second-order valence-electron chi connectivity index (χ2n) is 9.36. The molecule has 0 amide bonds. The zero-order chi connectivity index (χ0) is 22.3. The fraction of sp³-hybridized carbons (Fsp3) is 0.385. The molecule has 2 fully saturated rings. The summed E-state index contributed by atoms with van der Waals surface area (Å²) in [4.78, 5) is 20.9. The topological polar surface area (TPSA) is 66.6 Å². The van der Waals surface area contributed by atoms with Crippen LogP contribution in [0, 0.1) is 29.0 Å². The molecule has 2 aliphatic carbocycles. The van der Waals surface area contributed by atoms with Crippen molar-refractivity contribution in [1.29, 1.82) is 5.26 Å². The summed E-state index contributed by atoms with van der Waals surface area (Å²) in [7, 11) is 0. The number of hydrogen-bond acceptors (Lipinski definition) is 4. The van der Waals surface area contributed by atoms with Gasteiger partial charge in [0.1, 0.15) is 29.0 Å². The minimum Gasteiger partial charge on any atom is -0.299 e. The Morgan fingerprint density at radius 2 is 1.91 bits per heavy atom. The van der Waals surface area contributed by atoms with Gasteiger partial charge in [-0.15, -0.1) is 0 Å². The van der Waals surface area contributed by atoms with Gasteiger partial charge in [-0.1, -0.05) is 6.07 Å². The van der Waals surface area contributed by atoms with Gasteiger partial charge in [-0.2, -0.15) is 5.26 Å². The first-order chi connectivity index (χ1) is 15.4. The Kier molecular flexibility index (Phi) is 5.21. The van der Waals surface area contributed by atoms with Crippen LogP contribution in [0.5, 0.6) is 0 Å². The molecule has 3 aromatic rings. The molecule has 0 saturated heterocycles. The molecule has 0 aliphatic heterocycles. The van der Waals surface area contributed by atoms with Crippen molar-refractivity contribution in [3.63, 3.8) is 0 Å². The lowest BCUT2D eigenvalue weighted by molar-refractivity contribution is -0.121. The number of pyridine rings is 2. The van der Waals surface area contributed by atoms with E-state index in [0.717, 1.165) is 29.3 Å². The third-order valence-electron chi connectivity index (χ3n) is 7.13. The molecular weight excluding hydrogens is 408 g/mol. The fourth-order valence-corrected chi connectivity index (χ4v) is 5.87. The number of nitriles is 1. The van der Waals surface area contributed by atoms with Crippen LogP contribution in [0.15, 0.2) is 48.8 Å². The van der Waals surface area contributed by atoms with Crippen molar-refractivity contribution in [3.8, 4) is 6.07 Å². The van der Waals surface area contributed by atoms with Gasteiger partial charge in [0.05, 0.1) is 5.52 Å². The maximum Gasteiger partial charge on any atom is 0.140 e. The monoisotopic (exact) mass is 431 g/mol. The highest BCUT2D eigenvalue weighted by molar-refractivity contribution is 5.83. The predicted octanol–water partition coefficient (Wildman–Crippen LogP) is 5.45. The van der Waals surface area contributed by atoms with Crippen molar-refractivity contribution in [1.82, 2.24) is 9.97 Å². The van der Waals surface area contributed by atoms with Crippen LogP contribution >= 0.6 is 0 Å². The molecule has 5 rings (SSSR count). The smallest absolute Gasteiger partial charge is 0.140 e. The molecule has 162 valence electrons. The standard InChI is InChI=1S/C26H23F2N3O/c27-20-2-4-25-24(10-20)23(5-6-30-25)17-8-18-11-26(28,12-19(18)9-17)13-22(32)7-16-1-3-21(14-29)31-15-16/h1-6,10,15,17-19H,7-9,11-13H2/t17?,18-,19+,26?. The molecule has 0 N–H and O–H groups in total. The van der Waals surface area contributed by atoms with Crippen LogP contribution in [0.3, 0.4) is 0 Å². The van der Waals surface area contributed by atoms with E-state index >= 15 is 4.39 Å². The van der Waals surface area contributed by atoms with Gasteiger partial charge >= 0.3 is 0 Å². The first-order valence-corrected chi connectivity index (χ1v) is 11.0. The summed E-state index contributed by atoms with van der Waals surface area (Å²) in [6.45, 7) is 0. The van der Waals surface area contributed by atoms with Crippen molar-refractivity contribution < 1.29 is 13.6 Å². The van der Waals surface area contributed by atoms with E-state index in [-0.39, 0.29) is 42.2 Å². The van der Waals surface area contributed by atoms with Gasteiger partial charge in [0, 0.05) is 30.6 Å². The largest absolute Gasteiger partial charge is 0.299 e. The highest BCUT2D eigenvalue weighted by atomic mass is 19.1. The van der Waals surface area contributed by atoms with Crippen molar-refractivity contribution in [2.75, 3.05) is 0 Å². The summed E-state index contributed by atoms with van der Waals surface area (Å²) in [6.07, 6.45) is 5.87. The molecule has 0 spiro atoms. The zero-order valence-electron chi connectivity index (χ0n) is 17.6. The summed E-state index contributed by atoms with van der Waals surface area (Å²) in [5.41, 5.74) is 1.42. The van der Waals surface area contributed by atoms with E-state index in [0.29, 0.717) is 24.1 Å². The Bertz CT molecular complexity index is 1200. The normalized spacial score (nSPS) is 26.7. The summed E-state index contributed by atoms with van der Waals surface area (Å²) in [5, 5.41) is 9.66. The van der Waals surface area contributed by atoms with E-state index in [1.165, 1.54) is 12.3 Å². The second kappa shape index (κ2) is 8.05. The number of carbonyl (C=O) groups excluding carboxylic acids is 1. The lowest BCUT2D eigenvalue weighted by Gasteiger charge is -2.22. The molecule has 0 bridgehead atoms. The van der Waals surface area contributed by atoms with Gasteiger partial charge in [0.15, 0.2) is 0 Å². The number of carbonyl (C=O) groups is 1. The van der Waals surface area contributed by atoms with E-state index < -0.39 is 5.67 Å². The molecule has 2 aliphatic rings. The van der Waals surface area contributed by atoms with E-state index in [9.17, 15) is 9.18 Å². The Morgan fingerprint density at radius 3 is 2.59 bits per heavy atom. The highest BCUT2D eigenvalue weighted by Crippen LogP contribution is 2.56. The average molecular weight is 431 g/mol. The third kappa shape index (κ3) is 4.00. The maximum atomic E-state index is 15.6. The van der Waals surface area contributed by atoms with Crippen LogP contribution in [-0.2, 0) is 11.2 Å². The molecule has 2 aromatic heterocycles. The molecule has 1 aromatic carbocycles. The number of nitrogens with zero attached hydrogens (tertiary/aromatic N) is 3. The first kappa shape index (κ1) is 20.7. The molecule has 4 nitrogen and oxygen atoms in total. The van der Waals surface area contributed by atoms with Crippen LogP contribution in [0.2, 0.25) is 0 Å². The number of alkyl halides is 1. The van der Waals surface area contributed by atoms with Crippen LogP contribution in [0.1, 0.15) is 54.8 Å². The molecule has 2 unspecified atom stereocenters. The first-order valence-electron chi connectivity index (χ1n) is 11.0. The van der Waals surface area contributed by atoms with Gasteiger partial charge in [0.2, 0.25) is 0 Å². The number of hydrogen-bond donors (Lipinski definition) is 0. The SMILES string of the molecule is N#Cc1ccc(CC(=O)CC2(F)C[C@H]3CC(c4ccnc5ccc(F)cc45)C[C@H]3C2)cn1. The molecule has 4 atom stereocenters. The summed E-state index contributed by atoms with van der Waals surface area (Å²) >= 11 is 0. The minimum absolute atomic E-state index is 0.0753. The Morgan fingerprint density at radius 1 is 1.12 bits per heavy atom. The second-order valence-corrected chi connectivity index (χ2v) is 9.36. The van der Waals surface area contributed by atoms with Crippen molar-refractivity contribution in [2.45, 2.75) is 50.1 Å². The molecule has 2 saturated carbocycles. The zero-order valence-corrected chi connectivity index (χ0v) is 17.6. The van der Waals surface area contributed by atoms with Crippen LogP contribution in [-0.4, -0.2) is 21.4 Å². The lowest BCUT2D eigenvalue weighted by Crippen LogP contribution is -2.25. The summed E-state index contributed by atoms with van der Waals surface area (Å²) in [5.74, 6) is 0.342. The molecular formula is C26H23F2N3O. The van der Waals surface area contributed by atoms with Gasteiger partial charge in [0.25, 0.3) is 0 Å². The van der Waals surface area contributed by atoms with E-state index in [1.807, 2.05) is 12.1 Å². The number of halogens is 2. The van der Waals surface area contributed by atoms with E-state index in [4.69, 9.17) is 5.26 Å². The Balaban J connectivity index is 1.24. The van der Waals surface area contributed by atoms with Crippen LogP contribution in [0.25, 0.3) is 10.9 Å². The fourth-order valence-electron chi connectivity index (χ4n) is 5.87. The van der Waals surface area contributed by atoms with Crippen LogP contribution < -0.4 is 0 Å². The molecule has 0 radical (unpaired) electrons. The minimum atomic E-state index is -1.45. The molecule has 32 heavy (non-hydrogen) atoms. The van der Waals surface area contributed by atoms with Gasteiger partial charge in [-0.25, -0.2) is 13.8 Å². The number of rotatable bonds is 5. The number of benzene rings is 1. The quantitative estimate of drug-likeness (QED) is 0.538. The van der Waals surface area contributed by atoms with E-state index in [1.54, 1.807) is 30.5 Å². The van der Waals surface area contributed by atoms with E-state index in [2.05, 4.69) is 9.97 Å². The lowest BCUT2D eigenvalue weighted by atomic mass is 9.87. The van der Waals surface area contributed by atoms with Crippen molar-refractivity contribution in [3.05, 3.63) is 71.4 Å². The third-order valence-corrected chi connectivity index (χ3v) is 7.13. The van der Waals surface area contributed by atoms with Gasteiger partial charge in [-0.05, 0) is 84.9 Å². The number of Topliss-reactive ketones (excluding diaryl/α,β-unsaturated/α-hetero) is 1. The summed E-state index contributed by atoms with van der Waals surface area (Å²) in [6, 6.07) is 11.8. The summed E-state index contributed by atoms with van der Waals surface area (Å²) < 4.78 is 29.4. The molecule has 6 heteroatoms. The van der Waals surface area contributed by atoms with Crippen molar-refractivity contribution in [2.24, 2.45) is 11.8 Å². The highest BCUT2D eigenvalue weighted by Gasteiger charge is 2.50. The average Bonchev–Trinajstić information content (AvgIpc) is 3.28.